The Morgan fingerprint density at radius 1 is 0.773 bits per heavy atom. The molecule has 0 spiro atoms. The quantitative estimate of drug-likeness (QED) is 0.486. The molecule has 22 heavy (non-hydrogen) atoms. The summed E-state index contributed by atoms with van der Waals surface area (Å²) in [6, 6.07) is 19.5. The molecule has 0 bridgehead atoms. The zero-order chi connectivity index (χ0) is 15.5. The molecule has 0 saturated carbocycles. The first-order valence-corrected chi connectivity index (χ1v) is 9.15. The van der Waals surface area contributed by atoms with E-state index in [-0.39, 0.29) is 0 Å². The van der Waals surface area contributed by atoms with Crippen molar-refractivity contribution in [2.75, 3.05) is 0 Å². The molecular formula is C20H19BrS. The normalized spacial score (nSPS) is 10.9. The first kappa shape index (κ1) is 15.5. The van der Waals surface area contributed by atoms with Crippen molar-refractivity contribution < 1.29 is 0 Å². The van der Waals surface area contributed by atoms with E-state index in [1.807, 2.05) is 11.3 Å². The highest BCUT2D eigenvalue weighted by Crippen LogP contribution is 2.33. The monoisotopic (exact) mass is 370 g/mol. The molecule has 2 aromatic carbocycles. The zero-order valence-electron chi connectivity index (χ0n) is 12.9. The third-order valence-electron chi connectivity index (χ3n) is 4.03. The van der Waals surface area contributed by atoms with E-state index in [9.17, 15) is 0 Å². The van der Waals surface area contributed by atoms with Crippen molar-refractivity contribution >= 4 is 27.3 Å². The number of aryl methyl sites for hydroxylation is 3. The summed E-state index contributed by atoms with van der Waals surface area (Å²) in [5.74, 6) is 0. The predicted octanol–water partition coefficient (Wildman–Crippen LogP) is 6.58. The number of rotatable bonds is 4. The molecular weight excluding hydrogens is 352 g/mol. The van der Waals surface area contributed by atoms with Crippen molar-refractivity contribution in [1.82, 2.24) is 0 Å². The number of hydrogen-bond acceptors (Lipinski definition) is 1. The molecule has 0 N–H and O–H groups in total. The van der Waals surface area contributed by atoms with Gasteiger partial charge in [0.25, 0.3) is 0 Å². The molecule has 0 radical (unpaired) electrons. The van der Waals surface area contributed by atoms with Gasteiger partial charge in [0.05, 0.1) is 0 Å². The topological polar surface area (TPSA) is 0 Å². The standard InChI is InChI=1S/C20H19BrS/c1-14-19(20(21)15(2)22-14)13-10-16-8-11-18(12-9-16)17-6-4-3-5-7-17/h3-9,11-12H,10,13H2,1-2H3. The minimum Gasteiger partial charge on any atom is -0.145 e. The van der Waals surface area contributed by atoms with Crippen LogP contribution in [0.4, 0.5) is 0 Å². The first-order chi connectivity index (χ1) is 10.6. The van der Waals surface area contributed by atoms with Gasteiger partial charge in [0.1, 0.15) is 0 Å². The van der Waals surface area contributed by atoms with Gasteiger partial charge >= 0.3 is 0 Å². The van der Waals surface area contributed by atoms with Crippen LogP contribution in [0.15, 0.2) is 59.1 Å². The lowest BCUT2D eigenvalue weighted by atomic mass is 10.0. The highest BCUT2D eigenvalue weighted by atomic mass is 79.9. The SMILES string of the molecule is Cc1sc(C)c(CCc2ccc(-c3ccccc3)cc2)c1Br. The molecule has 0 atom stereocenters. The number of halogens is 1. The van der Waals surface area contributed by atoms with E-state index in [1.165, 1.54) is 36.5 Å². The van der Waals surface area contributed by atoms with Crippen LogP contribution in [0.1, 0.15) is 20.9 Å². The van der Waals surface area contributed by atoms with Crippen LogP contribution in [0.2, 0.25) is 0 Å². The van der Waals surface area contributed by atoms with Crippen LogP contribution in [0, 0.1) is 13.8 Å². The summed E-state index contributed by atoms with van der Waals surface area (Å²) < 4.78 is 1.30. The Bertz CT molecular complexity index is 754. The molecule has 0 amide bonds. The Morgan fingerprint density at radius 2 is 1.41 bits per heavy atom. The maximum atomic E-state index is 3.73. The summed E-state index contributed by atoms with van der Waals surface area (Å²) in [5, 5.41) is 0. The van der Waals surface area contributed by atoms with E-state index < -0.39 is 0 Å². The van der Waals surface area contributed by atoms with Crippen LogP contribution < -0.4 is 0 Å². The van der Waals surface area contributed by atoms with Gasteiger partial charge in [-0.25, -0.2) is 0 Å². The van der Waals surface area contributed by atoms with Crippen LogP contribution >= 0.6 is 27.3 Å². The number of thiophene rings is 1. The van der Waals surface area contributed by atoms with Crippen LogP contribution in [0.25, 0.3) is 11.1 Å². The third-order valence-corrected chi connectivity index (χ3v) is 6.43. The van der Waals surface area contributed by atoms with Gasteiger partial charge in [-0.15, -0.1) is 11.3 Å². The molecule has 0 nitrogen and oxygen atoms in total. The van der Waals surface area contributed by atoms with Gasteiger partial charge in [-0.1, -0.05) is 54.6 Å². The molecule has 0 aliphatic carbocycles. The Balaban J connectivity index is 1.72. The smallest absolute Gasteiger partial charge is 0.0346 e. The van der Waals surface area contributed by atoms with Crippen molar-refractivity contribution in [2.45, 2.75) is 26.7 Å². The molecule has 1 heterocycles. The Morgan fingerprint density at radius 3 is 2.00 bits per heavy atom. The number of benzene rings is 2. The van der Waals surface area contributed by atoms with Gasteiger partial charge in [-0.2, -0.15) is 0 Å². The molecule has 112 valence electrons. The van der Waals surface area contributed by atoms with E-state index >= 15 is 0 Å². The average Bonchev–Trinajstić information content (AvgIpc) is 2.79. The second-order valence-electron chi connectivity index (χ2n) is 5.57. The Hall–Kier alpha value is -1.38. The van der Waals surface area contributed by atoms with Crippen LogP contribution in [0.5, 0.6) is 0 Å². The van der Waals surface area contributed by atoms with Crippen LogP contribution in [-0.4, -0.2) is 0 Å². The maximum Gasteiger partial charge on any atom is 0.0346 e. The molecule has 3 aromatic rings. The molecule has 3 rings (SSSR count). The molecule has 0 aliphatic heterocycles. The minimum absolute atomic E-state index is 1.09. The molecule has 0 aliphatic rings. The van der Waals surface area contributed by atoms with Crippen LogP contribution in [-0.2, 0) is 12.8 Å². The summed E-state index contributed by atoms with van der Waals surface area (Å²) in [5.41, 5.74) is 5.43. The van der Waals surface area contributed by atoms with Crippen molar-refractivity contribution in [2.24, 2.45) is 0 Å². The summed E-state index contributed by atoms with van der Waals surface area (Å²) in [6.45, 7) is 4.40. The summed E-state index contributed by atoms with van der Waals surface area (Å²) in [6.07, 6.45) is 2.19. The fraction of sp³-hybridized carbons (Fsp3) is 0.200. The highest BCUT2D eigenvalue weighted by Gasteiger charge is 2.10. The fourth-order valence-corrected chi connectivity index (χ4v) is 4.62. The maximum absolute atomic E-state index is 3.73. The lowest BCUT2D eigenvalue weighted by Crippen LogP contribution is -1.92. The van der Waals surface area contributed by atoms with Crippen LogP contribution in [0.3, 0.4) is 0 Å². The van der Waals surface area contributed by atoms with E-state index in [4.69, 9.17) is 0 Å². The van der Waals surface area contributed by atoms with E-state index in [0.29, 0.717) is 0 Å². The Kier molecular flexibility index (Phi) is 4.80. The van der Waals surface area contributed by atoms with E-state index in [0.717, 1.165) is 12.8 Å². The van der Waals surface area contributed by atoms with Gasteiger partial charge < -0.3 is 0 Å². The van der Waals surface area contributed by atoms with Crippen molar-refractivity contribution in [3.05, 3.63) is 80.0 Å². The summed E-state index contributed by atoms with van der Waals surface area (Å²) >= 11 is 5.61. The van der Waals surface area contributed by atoms with Gasteiger partial charge in [0.2, 0.25) is 0 Å². The second kappa shape index (κ2) is 6.80. The minimum atomic E-state index is 1.09. The second-order valence-corrected chi connectivity index (χ2v) is 7.79. The number of hydrogen-bond donors (Lipinski definition) is 0. The van der Waals surface area contributed by atoms with Crippen molar-refractivity contribution in [3.63, 3.8) is 0 Å². The molecule has 0 fully saturated rings. The average molecular weight is 371 g/mol. The largest absolute Gasteiger partial charge is 0.145 e. The molecule has 0 unspecified atom stereocenters. The van der Waals surface area contributed by atoms with Crippen molar-refractivity contribution in [1.29, 1.82) is 0 Å². The van der Waals surface area contributed by atoms with E-state index in [2.05, 4.69) is 84.4 Å². The lowest BCUT2D eigenvalue weighted by Gasteiger charge is -2.06. The van der Waals surface area contributed by atoms with Gasteiger partial charge in [-0.3, -0.25) is 0 Å². The lowest BCUT2D eigenvalue weighted by molar-refractivity contribution is 0.952. The molecule has 1 aromatic heterocycles. The summed E-state index contributed by atoms with van der Waals surface area (Å²) in [4.78, 5) is 2.82. The third kappa shape index (κ3) is 3.34. The zero-order valence-corrected chi connectivity index (χ0v) is 15.3. The fourth-order valence-electron chi connectivity index (χ4n) is 2.75. The van der Waals surface area contributed by atoms with Gasteiger partial charge in [0, 0.05) is 14.2 Å². The van der Waals surface area contributed by atoms with Gasteiger partial charge in [0.15, 0.2) is 0 Å². The Labute approximate surface area is 145 Å². The summed E-state index contributed by atoms with van der Waals surface area (Å²) in [7, 11) is 0. The molecule has 2 heteroatoms. The highest BCUT2D eigenvalue weighted by molar-refractivity contribution is 9.10. The van der Waals surface area contributed by atoms with Gasteiger partial charge in [-0.05, 0) is 64.9 Å². The van der Waals surface area contributed by atoms with Crippen molar-refractivity contribution in [3.8, 4) is 11.1 Å². The predicted molar refractivity (Wildman–Crippen MR) is 101 cm³/mol. The first-order valence-electron chi connectivity index (χ1n) is 7.54. The molecule has 0 saturated heterocycles. The van der Waals surface area contributed by atoms with E-state index in [1.54, 1.807) is 0 Å².